The van der Waals surface area contributed by atoms with Crippen molar-refractivity contribution in [2.24, 2.45) is 5.92 Å². The van der Waals surface area contributed by atoms with Gasteiger partial charge in [0.15, 0.2) is 0 Å². The number of halogens is 1. The van der Waals surface area contributed by atoms with E-state index in [1.54, 1.807) is 6.07 Å². The minimum Gasteiger partial charge on any atom is -0.306 e. The molecule has 1 heterocycles. The fourth-order valence-electron chi connectivity index (χ4n) is 2.32. The van der Waals surface area contributed by atoms with Crippen molar-refractivity contribution in [1.29, 1.82) is 0 Å². The number of nitrogens with one attached hydrogen (secondary N) is 1. The summed E-state index contributed by atoms with van der Waals surface area (Å²) in [7, 11) is -1.37. The van der Waals surface area contributed by atoms with Crippen molar-refractivity contribution in [1.82, 2.24) is 9.62 Å². The molecule has 1 aromatic carbocycles. The molecule has 0 bridgehead atoms. The minimum atomic E-state index is -3.43. The predicted molar refractivity (Wildman–Crippen MR) is 79.7 cm³/mol. The van der Waals surface area contributed by atoms with E-state index >= 15 is 0 Å². The summed E-state index contributed by atoms with van der Waals surface area (Å²) in [5, 5.41) is 0. The van der Waals surface area contributed by atoms with Crippen LogP contribution in [0.2, 0.25) is 0 Å². The molecule has 2 rings (SSSR count). The lowest BCUT2D eigenvalue weighted by atomic mass is 10.1. The molecule has 19 heavy (non-hydrogen) atoms. The molecule has 4 nitrogen and oxygen atoms in total. The number of aryl methyl sites for hydroxylation is 1. The van der Waals surface area contributed by atoms with Gasteiger partial charge >= 0.3 is 0 Å². The highest BCUT2D eigenvalue weighted by molar-refractivity contribution is 9.10. The summed E-state index contributed by atoms with van der Waals surface area (Å²) in [4.78, 5) is 2.53. The van der Waals surface area contributed by atoms with E-state index in [1.165, 1.54) is 0 Å². The van der Waals surface area contributed by atoms with Crippen LogP contribution in [0.3, 0.4) is 0 Å². The zero-order valence-corrected chi connectivity index (χ0v) is 13.6. The van der Waals surface area contributed by atoms with Crippen LogP contribution in [-0.2, 0) is 10.0 Å². The second-order valence-corrected chi connectivity index (χ2v) is 7.79. The second kappa shape index (κ2) is 5.91. The molecule has 1 aliphatic heterocycles. The van der Waals surface area contributed by atoms with Gasteiger partial charge in [0.2, 0.25) is 10.0 Å². The Hall–Kier alpha value is -0.430. The Bertz CT molecular complexity index is 560. The van der Waals surface area contributed by atoms with Crippen LogP contribution >= 0.6 is 15.9 Å². The largest absolute Gasteiger partial charge is 0.306 e. The Morgan fingerprint density at radius 1 is 1.47 bits per heavy atom. The van der Waals surface area contributed by atoms with Crippen LogP contribution in [0.5, 0.6) is 0 Å². The number of rotatable bonds is 4. The molecule has 0 radical (unpaired) electrons. The smallest absolute Gasteiger partial charge is 0.241 e. The number of hydrogen-bond donors (Lipinski definition) is 1. The maximum Gasteiger partial charge on any atom is 0.241 e. The van der Waals surface area contributed by atoms with Crippen molar-refractivity contribution in [2.75, 3.05) is 26.7 Å². The van der Waals surface area contributed by atoms with Crippen LogP contribution in [0.15, 0.2) is 27.6 Å². The van der Waals surface area contributed by atoms with Crippen LogP contribution in [0.1, 0.15) is 12.0 Å². The van der Waals surface area contributed by atoms with Gasteiger partial charge in [-0.3, -0.25) is 0 Å². The first-order chi connectivity index (χ1) is 8.88. The Labute approximate surface area is 123 Å². The lowest BCUT2D eigenvalue weighted by Gasteiger charge is -2.13. The molecule has 106 valence electrons. The molecule has 1 aromatic rings. The molecule has 1 atom stereocenters. The third-order valence-corrected chi connectivity index (χ3v) is 5.83. The Kier molecular flexibility index (Phi) is 4.66. The summed E-state index contributed by atoms with van der Waals surface area (Å²) in [5.74, 6) is 0.406. The monoisotopic (exact) mass is 346 g/mol. The van der Waals surface area contributed by atoms with Gasteiger partial charge in [0.05, 0.1) is 4.90 Å². The average molecular weight is 347 g/mol. The van der Waals surface area contributed by atoms with Crippen molar-refractivity contribution in [3.05, 3.63) is 28.2 Å². The maximum atomic E-state index is 12.2. The molecule has 1 unspecified atom stereocenters. The van der Waals surface area contributed by atoms with Crippen molar-refractivity contribution in [3.63, 3.8) is 0 Å². The van der Waals surface area contributed by atoms with Crippen LogP contribution in [0.25, 0.3) is 0 Å². The third-order valence-electron chi connectivity index (χ3n) is 3.43. The normalized spacial score (nSPS) is 20.9. The van der Waals surface area contributed by atoms with Crippen LogP contribution in [0, 0.1) is 12.8 Å². The zero-order chi connectivity index (χ0) is 14.0. The second-order valence-electron chi connectivity index (χ2n) is 5.20. The molecule has 0 aromatic heterocycles. The summed E-state index contributed by atoms with van der Waals surface area (Å²) >= 11 is 3.32. The highest BCUT2D eigenvalue weighted by Gasteiger charge is 2.23. The Balaban J connectivity index is 2.06. The molecule has 0 saturated carbocycles. The maximum absolute atomic E-state index is 12.2. The third kappa shape index (κ3) is 3.78. The van der Waals surface area contributed by atoms with E-state index in [0.29, 0.717) is 21.8 Å². The highest BCUT2D eigenvalue weighted by Crippen LogP contribution is 2.23. The predicted octanol–water partition coefficient (Wildman–Crippen LogP) is 1.99. The summed E-state index contributed by atoms with van der Waals surface area (Å²) in [6.45, 7) is 4.44. The SMILES string of the molecule is Cc1ccc(S(=O)(=O)NCC2CCN(C)C2)c(Br)c1. The van der Waals surface area contributed by atoms with E-state index in [1.807, 2.05) is 19.1 Å². The first-order valence-corrected chi connectivity index (χ1v) is 8.60. The topological polar surface area (TPSA) is 49.4 Å². The fourth-order valence-corrected chi connectivity index (χ4v) is 4.63. The van der Waals surface area contributed by atoms with E-state index < -0.39 is 10.0 Å². The Morgan fingerprint density at radius 3 is 2.79 bits per heavy atom. The Morgan fingerprint density at radius 2 is 2.21 bits per heavy atom. The van der Waals surface area contributed by atoms with Gasteiger partial charge in [0, 0.05) is 17.6 Å². The molecule has 0 aliphatic carbocycles. The molecule has 0 spiro atoms. The van der Waals surface area contributed by atoms with Crippen LogP contribution in [0.4, 0.5) is 0 Å². The van der Waals surface area contributed by atoms with Crippen molar-refractivity contribution in [3.8, 4) is 0 Å². The zero-order valence-electron chi connectivity index (χ0n) is 11.2. The van der Waals surface area contributed by atoms with Gasteiger partial charge in [-0.15, -0.1) is 0 Å². The number of benzene rings is 1. The molecular weight excluding hydrogens is 328 g/mol. The summed E-state index contributed by atoms with van der Waals surface area (Å²) in [6.07, 6.45) is 1.05. The van der Waals surface area contributed by atoms with E-state index in [0.717, 1.165) is 25.1 Å². The van der Waals surface area contributed by atoms with E-state index in [9.17, 15) is 8.42 Å². The number of likely N-dealkylation sites (tertiary alicyclic amines) is 1. The first-order valence-electron chi connectivity index (χ1n) is 6.33. The minimum absolute atomic E-state index is 0.310. The lowest BCUT2D eigenvalue weighted by Crippen LogP contribution is -2.30. The molecule has 6 heteroatoms. The van der Waals surface area contributed by atoms with Gasteiger partial charge in [-0.25, -0.2) is 13.1 Å². The van der Waals surface area contributed by atoms with Crippen LogP contribution in [-0.4, -0.2) is 40.0 Å². The van der Waals surface area contributed by atoms with Gasteiger partial charge < -0.3 is 4.90 Å². The highest BCUT2D eigenvalue weighted by atomic mass is 79.9. The van der Waals surface area contributed by atoms with Crippen LogP contribution < -0.4 is 4.72 Å². The molecule has 1 saturated heterocycles. The van der Waals surface area contributed by atoms with Gasteiger partial charge in [-0.1, -0.05) is 6.07 Å². The number of hydrogen-bond acceptors (Lipinski definition) is 3. The number of sulfonamides is 1. The van der Waals surface area contributed by atoms with Crippen molar-refractivity contribution >= 4 is 26.0 Å². The molecule has 1 aliphatic rings. The lowest BCUT2D eigenvalue weighted by molar-refractivity contribution is 0.394. The first kappa shape index (κ1) is 15.0. The van der Waals surface area contributed by atoms with E-state index in [-0.39, 0.29) is 0 Å². The summed E-state index contributed by atoms with van der Waals surface area (Å²) < 4.78 is 27.8. The summed E-state index contributed by atoms with van der Waals surface area (Å²) in [6, 6.07) is 5.27. The van der Waals surface area contributed by atoms with Gasteiger partial charge in [-0.2, -0.15) is 0 Å². The van der Waals surface area contributed by atoms with E-state index in [2.05, 4.69) is 32.6 Å². The average Bonchev–Trinajstić information content (AvgIpc) is 2.72. The van der Waals surface area contributed by atoms with Crippen molar-refractivity contribution in [2.45, 2.75) is 18.2 Å². The summed E-state index contributed by atoms with van der Waals surface area (Å²) in [5.41, 5.74) is 1.03. The van der Waals surface area contributed by atoms with E-state index in [4.69, 9.17) is 0 Å². The van der Waals surface area contributed by atoms with Gasteiger partial charge in [0.25, 0.3) is 0 Å². The fraction of sp³-hybridized carbons (Fsp3) is 0.538. The standard InChI is InChI=1S/C13H19BrN2O2S/c1-10-3-4-13(12(14)7-10)19(17,18)15-8-11-5-6-16(2)9-11/h3-4,7,11,15H,5-6,8-9H2,1-2H3. The van der Waals surface area contributed by atoms with Gasteiger partial charge in [0.1, 0.15) is 0 Å². The van der Waals surface area contributed by atoms with Gasteiger partial charge in [-0.05, 0) is 66.5 Å². The molecule has 1 N–H and O–H groups in total. The quantitative estimate of drug-likeness (QED) is 0.906. The molecule has 0 amide bonds. The van der Waals surface area contributed by atoms with Crippen molar-refractivity contribution < 1.29 is 8.42 Å². The molecular formula is C13H19BrN2O2S. The number of nitrogens with zero attached hydrogens (tertiary/aromatic N) is 1. The molecule has 1 fully saturated rings.